The van der Waals surface area contributed by atoms with Gasteiger partial charge in [0, 0.05) is 33.6 Å². The Morgan fingerprint density at radius 3 is 1.18 bits per heavy atom. The summed E-state index contributed by atoms with van der Waals surface area (Å²) in [6.45, 7) is 7.77. The zero-order valence-electron chi connectivity index (χ0n) is 20.1. The molecule has 0 amide bonds. The third-order valence-corrected chi connectivity index (χ3v) is 5.62. The summed E-state index contributed by atoms with van der Waals surface area (Å²) in [7, 11) is 0. The maximum atomic E-state index is 12.3. The molecular weight excluding hydrogens is 420 g/mol. The number of carbonyl (C=O) groups excluding carboxylic acids is 2. The van der Waals surface area contributed by atoms with Crippen molar-refractivity contribution >= 4 is 22.9 Å². The molecule has 34 heavy (non-hydrogen) atoms. The number of rotatable bonds is 4. The summed E-state index contributed by atoms with van der Waals surface area (Å²) in [6, 6.07) is 26.1. The number of hydrogen-bond acceptors (Lipinski definition) is 4. The van der Waals surface area contributed by atoms with Crippen molar-refractivity contribution in [3.05, 3.63) is 129 Å². The molecular formula is C30H30N2O2. The van der Waals surface area contributed by atoms with Crippen LogP contribution in [-0.2, 0) is 0 Å². The number of nitrogen functional groups attached to an aromatic ring is 2. The topological polar surface area (TPSA) is 86.2 Å². The first kappa shape index (κ1) is 24.5. The molecule has 0 aromatic heterocycles. The van der Waals surface area contributed by atoms with E-state index in [1.165, 1.54) is 0 Å². The highest BCUT2D eigenvalue weighted by atomic mass is 16.1. The zero-order chi connectivity index (χ0) is 24.8. The van der Waals surface area contributed by atoms with Crippen LogP contribution in [0.4, 0.5) is 11.4 Å². The van der Waals surface area contributed by atoms with Gasteiger partial charge in [-0.2, -0.15) is 0 Å². The number of ketones is 2. The summed E-state index contributed by atoms with van der Waals surface area (Å²) in [5.74, 6) is -0.0372. The van der Waals surface area contributed by atoms with E-state index in [0.29, 0.717) is 33.6 Å². The second kappa shape index (κ2) is 10.6. The third-order valence-electron chi connectivity index (χ3n) is 5.62. The van der Waals surface area contributed by atoms with E-state index in [1.54, 1.807) is 24.3 Å². The monoisotopic (exact) mass is 450 g/mol. The Morgan fingerprint density at radius 2 is 0.853 bits per heavy atom. The van der Waals surface area contributed by atoms with Crippen LogP contribution in [-0.4, -0.2) is 11.6 Å². The summed E-state index contributed by atoms with van der Waals surface area (Å²) >= 11 is 0. The zero-order valence-corrected chi connectivity index (χ0v) is 20.1. The van der Waals surface area contributed by atoms with Gasteiger partial charge in [-0.1, -0.05) is 72.8 Å². The molecule has 4 N–H and O–H groups in total. The van der Waals surface area contributed by atoms with E-state index in [1.807, 2.05) is 88.4 Å². The summed E-state index contributed by atoms with van der Waals surface area (Å²) in [5, 5.41) is 0. The van der Waals surface area contributed by atoms with Crippen molar-refractivity contribution in [2.45, 2.75) is 27.7 Å². The first-order chi connectivity index (χ1) is 16.2. The van der Waals surface area contributed by atoms with Crippen LogP contribution in [0.15, 0.2) is 84.9 Å². The predicted octanol–water partition coefficient (Wildman–Crippen LogP) is 6.23. The maximum absolute atomic E-state index is 12.3. The van der Waals surface area contributed by atoms with Gasteiger partial charge in [-0.05, 0) is 62.1 Å². The molecule has 0 aliphatic rings. The number of nitrogens with two attached hydrogens (primary N) is 2. The molecule has 4 aromatic carbocycles. The van der Waals surface area contributed by atoms with Crippen LogP contribution in [0.2, 0.25) is 0 Å². The van der Waals surface area contributed by atoms with Crippen LogP contribution in [0.1, 0.15) is 54.1 Å². The lowest BCUT2D eigenvalue weighted by Crippen LogP contribution is -2.07. The highest BCUT2D eigenvalue weighted by Crippen LogP contribution is 2.23. The Hall–Kier alpha value is -4.18. The van der Waals surface area contributed by atoms with Crippen LogP contribution >= 0.6 is 0 Å². The minimum atomic E-state index is -0.0186. The van der Waals surface area contributed by atoms with Crippen molar-refractivity contribution in [3.8, 4) is 0 Å². The maximum Gasteiger partial charge on any atom is 0.195 e. The van der Waals surface area contributed by atoms with Gasteiger partial charge in [-0.3, -0.25) is 9.59 Å². The van der Waals surface area contributed by atoms with Crippen LogP contribution in [0.3, 0.4) is 0 Å². The lowest BCUT2D eigenvalue weighted by atomic mass is 9.97. The van der Waals surface area contributed by atoms with Gasteiger partial charge < -0.3 is 11.5 Å². The molecule has 172 valence electrons. The minimum absolute atomic E-state index is 0.0186. The summed E-state index contributed by atoms with van der Waals surface area (Å²) in [6.07, 6.45) is 0. The molecule has 4 aromatic rings. The molecule has 0 heterocycles. The second-order valence-corrected chi connectivity index (χ2v) is 8.48. The molecule has 0 aliphatic carbocycles. The van der Waals surface area contributed by atoms with Crippen molar-refractivity contribution in [1.29, 1.82) is 0 Å². The Kier molecular flexibility index (Phi) is 7.64. The quantitative estimate of drug-likeness (QED) is 0.285. The Morgan fingerprint density at radius 1 is 0.529 bits per heavy atom. The van der Waals surface area contributed by atoms with Gasteiger partial charge in [0.1, 0.15) is 0 Å². The SMILES string of the molecule is Cc1cc(C)c(N)c(C(=O)c2ccccc2)c1.Cc1cc(C)c(N)c(C(=O)c2ccccc2)c1. The summed E-state index contributed by atoms with van der Waals surface area (Å²) in [4.78, 5) is 24.6. The first-order valence-electron chi connectivity index (χ1n) is 11.1. The van der Waals surface area contributed by atoms with E-state index in [-0.39, 0.29) is 11.6 Å². The molecule has 0 spiro atoms. The van der Waals surface area contributed by atoms with Gasteiger partial charge in [0.25, 0.3) is 0 Å². The van der Waals surface area contributed by atoms with Crippen molar-refractivity contribution < 1.29 is 9.59 Å². The molecule has 4 nitrogen and oxygen atoms in total. The van der Waals surface area contributed by atoms with Crippen molar-refractivity contribution in [1.82, 2.24) is 0 Å². The highest BCUT2D eigenvalue weighted by Gasteiger charge is 2.14. The molecule has 0 saturated carbocycles. The number of carbonyl (C=O) groups is 2. The fourth-order valence-corrected chi connectivity index (χ4v) is 3.82. The van der Waals surface area contributed by atoms with E-state index in [9.17, 15) is 9.59 Å². The van der Waals surface area contributed by atoms with Crippen LogP contribution < -0.4 is 11.5 Å². The van der Waals surface area contributed by atoms with E-state index >= 15 is 0 Å². The van der Waals surface area contributed by atoms with Crippen molar-refractivity contribution in [2.75, 3.05) is 11.5 Å². The van der Waals surface area contributed by atoms with E-state index in [0.717, 1.165) is 22.3 Å². The molecule has 0 radical (unpaired) electrons. The number of hydrogen-bond donors (Lipinski definition) is 2. The molecule has 0 saturated heterocycles. The Bertz CT molecular complexity index is 1220. The van der Waals surface area contributed by atoms with Crippen LogP contribution in [0, 0.1) is 27.7 Å². The van der Waals surface area contributed by atoms with E-state index < -0.39 is 0 Å². The smallest absolute Gasteiger partial charge is 0.195 e. The fraction of sp³-hybridized carbons (Fsp3) is 0.133. The molecule has 0 unspecified atom stereocenters. The lowest BCUT2D eigenvalue weighted by molar-refractivity contribution is 0.103. The average molecular weight is 451 g/mol. The van der Waals surface area contributed by atoms with Gasteiger partial charge in [0.05, 0.1) is 0 Å². The number of anilines is 2. The molecule has 4 rings (SSSR count). The van der Waals surface area contributed by atoms with Gasteiger partial charge >= 0.3 is 0 Å². The lowest BCUT2D eigenvalue weighted by Gasteiger charge is -2.09. The minimum Gasteiger partial charge on any atom is -0.398 e. The predicted molar refractivity (Wildman–Crippen MR) is 140 cm³/mol. The Balaban J connectivity index is 0.000000191. The normalized spacial score (nSPS) is 10.2. The van der Waals surface area contributed by atoms with Gasteiger partial charge in [-0.15, -0.1) is 0 Å². The molecule has 0 fully saturated rings. The Labute approximate surface area is 201 Å². The summed E-state index contributed by atoms with van der Waals surface area (Å²) in [5.41, 5.74) is 19.6. The van der Waals surface area contributed by atoms with E-state index in [2.05, 4.69) is 0 Å². The summed E-state index contributed by atoms with van der Waals surface area (Å²) < 4.78 is 0. The number of benzene rings is 4. The van der Waals surface area contributed by atoms with Gasteiger partial charge in [-0.25, -0.2) is 0 Å². The molecule has 0 aliphatic heterocycles. The standard InChI is InChI=1S/2C15H15NO/c2*1-10-8-11(2)14(16)13(9-10)15(17)12-6-4-3-5-7-12/h2*3-9H,16H2,1-2H3. The highest BCUT2D eigenvalue weighted by molar-refractivity contribution is 6.13. The third kappa shape index (κ3) is 5.59. The van der Waals surface area contributed by atoms with Crippen molar-refractivity contribution in [2.24, 2.45) is 0 Å². The van der Waals surface area contributed by atoms with Gasteiger partial charge in [0.15, 0.2) is 11.6 Å². The number of aryl methyl sites for hydroxylation is 4. The molecule has 0 atom stereocenters. The first-order valence-corrected chi connectivity index (χ1v) is 11.1. The van der Waals surface area contributed by atoms with Crippen LogP contribution in [0.25, 0.3) is 0 Å². The molecule has 4 heteroatoms. The van der Waals surface area contributed by atoms with E-state index in [4.69, 9.17) is 11.5 Å². The average Bonchev–Trinajstić information content (AvgIpc) is 2.84. The van der Waals surface area contributed by atoms with Crippen LogP contribution in [0.5, 0.6) is 0 Å². The molecule has 0 bridgehead atoms. The van der Waals surface area contributed by atoms with Crippen molar-refractivity contribution in [3.63, 3.8) is 0 Å². The largest absolute Gasteiger partial charge is 0.398 e. The second-order valence-electron chi connectivity index (χ2n) is 8.48. The van der Waals surface area contributed by atoms with Gasteiger partial charge in [0.2, 0.25) is 0 Å². The fourth-order valence-electron chi connectivity index (χ4n) is 3.82.